The Morgan fingerprint density at radius 1 is 1.24 bits per heavy atom. The molecule has 1 aromatic carbocycles. The van der Waals surface area contributed by atoms with Gasteiger partial charge in [-0.25, -0.2) is 8.42 Å². The van der Waals surface area contributed by atoms with Crippen molar-refractivity contribution >= 4 is 39.0 Å². The zero-order valence-corrected chi connectivity index (χ0v) is 19.5. The predicted octanol–water partition coefficient (Wildman–Crippen LogP) is 0.945. The van der Waals surface area contributed by atoms with E-state index in [9.17, 15) is 23.1 Å². The van der Waals surface area contributed by atoms with Crippen LogP contribution in [0.5, 0.6) is 0 Å². The molecular weight excluding hydrogens is 444 g/mol. The van der Waals surface area contributed by atoms with Crippen LogP contribution in [0.15, 0.2) is 24.3 Å². The Morgan fingerprint density at radius 3 is 2.67 bits per heavy atom. The smallest absolute Gasteiger partial charge is 0.256 e. The number of benzene rings is 1. The summed E-state index contributed by atoms with van der Waals surface area (Å²) in [5.74, 6) is -0.326. The number of sulfone groups is 1. The third kappa shape index (κ3) is 5.02. The summed E-state index contributed by atoms with van der Waals surface area (Å²) in [6, 6.07) is 7.44. The number of rotatable bonds is 6. The highest BCUT2D eigenvalue weighted by Crippen LogP contribution is 2.33. The van der Waals surface area contributed by atoms with Gasteiger partial charge in [0, 0.05) is 48.8 Å². The minimum Gasteiger partial charge on any atom is -0.390 e. The summed E-state index contributed by atoms with van der Waals surface area (Å²) in [5, 5.41) is 15.9. The number of nitrogens with zero attached hydrogens (tertiary/aromatic N) is 1. The highest BCUT2D eigenvalue weighted by Gasteiger charge is 2.26. The Morgan fingerprint density at radius 2 is 1.94 bits per heavy atom. The van der Waals surface area contributed by atoms with Gasteiger partial charge in [-0.05, 0) is 31.6 Å². The van der Waals surface area contributed by atoms with E-state index in [1.165, 1.54) is 0 Å². The standard InChI is InChI=1S/C23H28N4O5S/c1-14-20(11-18-17-5-3-4-6-19(17)26-22(18)29)25-15(2)21(14)23(30)24-12-16(28)13-27-7-9-33(31,32)10-8-27/h3-6,11,16,25,28H,7-10,12-13H2,1-2H3,(H,24,30)(H,26,29)/b18-11-/t16-/m0/s1. The van der Waals surface area contributed by atoms with E-state index in [1.807, 2.05) is 36.1 Å². The van der Waals surface area contributed by atoms with Crippen LogP contribution in [0, 0.1) is 13.8 Å². The first-order valence-corrected chi connectivity index (χ1v) is 12.7. The molecule has 0 saturated carbocycles. The molecule has 10 heteroatoms. The quantitative estimate of drug-likeness (QED) is 0.463. The van der Waals surface area contributed by atoms with Crippen LogP contribution in [0.3, 0.4) is 0 Å². The van der Waals surface area contributed by atoms with Gasteiger partial charge in [0.2, 0.25) is 0 Å². The van der Waals surface area contributed by atoms with Crippen LogP contribution < -0.4 is 10.6 Å². The van der Waals surface area contributed by atoms with E-state index in [4.69, 9.17) is 0 Å². The fourth-order valence-corrected chi connectivity index (χ4v) is 5.56. The van der Waals surface area contributed by atoms with E-state index in [-0.39, 0.29) is 29.9 Å². The first-order valence-electron chi connectivity index (χ1n) is 10.9. The van der Waals surface area contributed by atoms with Gasteiger partial charge < -0.3 is 20.7 Å². The maximum absolute atomic E-state index is 12.8. The highest BCUT2D eigenvalue weighted by atomic mass is 32.2. The molecule has 33 heavy (non-hydrogen) atoms. The molecule has 9 nitrogen and oxygen atoms in total. The zero-order valence-electron chi connectivity index (χ0n) is 18.6. The fourth-order valence-electron chi connectivity index (χ4n) is 4.28. The summed E-state index contributed by atoms with van der Waals surface area (Å²) in [7, 11) is -2.98. The molecule has 4 rings (SSSR count). The van der Waals surface area contributed by atoms with Crippen LogP contribution in [0.1, 0.15) is 32.9 Å². The number of aromatic nitrogens is 1. The molecule has 176 valence electrons. The van der Waals surface area contributed by atoms with Crippen LogP contribution >= 0.6 is 0 Å². The largest absolute Gasteiger partial charge is 0.390 e. The minimum absolute atomic E-state index is 0.0539. The number of para-hydroxylation sites is 1. The van der Waals surface area contributed by atoms with Gasteiger partial charge >= 0.3 is 0 Å². The Labute approximate surface area is 192 Å². The third-order valence-electron chi connectivity index (χ3n) is 6.11. The van der Waals surface area contributed by atoms with E-state index < -0.39 is 15.9 Å². The number of hydrogen-bond donors (Lipinski definition) is 4. The molecule has 0 unspecified atom stereocenters. The van der Waals surface area contributed by atoms with Gasteiger partial charge in [0.25, 0.3) is 11.8 Å². The van der Waals surface area contributed by atoms with Gasteiger partial charge in [0.15, 0.2) is 9.84 Å². The number of hydrogen-bond acceptors (Lipinski definition) is 6. The van der Waals surface area contributed by atoms with Gasteiger partial charge in [-0.1, -0.05) is 18.2 Å². The number of aliphatic hydroxyl groups is 1. The first kappa shape index (κ1) is 23.2. The molecule has 2 amide bonds. The third-order valence-corrected chi connectivity index (χ3v) is 7.72. The number of aryl methyl sites for hydroxylation is 1. The SMILES string of the molecule is Cc1[nH]c(/C=C2\C(=O)Nc3ccccc32)c(C)c1C(=O)NC[C@H](O)CN1CCS(=O)(=O)CC1. The molecule has 2 aliphatic rings. The van der Waals surface area contributed by atoms with Crippen LogP contribution in [0.25, 0.3) is 11.6 Å². The molecule has 1 aromatic heterocycles. The topological polar surface area (TPSA) is 132 Å². The van der Waals surface area contributed by atoms with Crippen molar-refractivity contribution in [2.45, 2.75) is 20.0 Å². The number of fused-ring (bicyclic) bond motifs is 1. The van der Waals surface area contributed by atoms with Crippen molar-refractivity contribution in [2.75, 3.05) is 43.0 Å². The Balaban J connectivity index is 1.42. The van der Waals surface area contributed by atoms with Crippen LogP contribution in [-0.4, -0.2) is 79.0 Å². The first-order chi connectivity index (χ1) is 15.6. The lowest BCUT2D eigenvalue weighted by molar-refractivity contribution is -0.110. The predicted molar refractivity (Wildman–Crippen MR) is 127 cm³/mol. The van der Waals surface area contributed by atoms with Gasteiger partial charge in [0.1, 0.15) is 0 Å². The van der Waals surface area contributed by atoms with Crippen molar-refractivity contribution in [1.82, 2.24) is 15.2 Å². The molecule has 1 saturated heterocycles. The maximum Gasteiger partial charge on any atom is 0.256 e. The molecule has 2 aromatic rings. The Bertz CT molecular complexity index is 1220. The van der Waals surface area contributed by atoms with Crippen LogP contribution in [0.4, 0.5) is 5.69 Å². The van der Waals surface area contributed by atoms with E-state index in [1.54, 1.807) is 13.0 Å². The number of aromatic amines is 1. The average molecular weight is 473 g/mol. The highest BCUT2D eigenvalue weighted by molar-refractivity contribution is 7.91. The average Bonchev–Trinajstić information content (AvgIpc) is 3.23. The van der Waals surface area contributed by atoms with E-state index in [0.29, 0.717) is 47.7 Å². The lowest BCUT2D eigenvalue weighted by Crippen LogP contribution is -2.46. The molecule has 0 radical (unpaired) electrons. The fraction of sp³-hybridized carbons (Fsp3) is 0.391. The van der Waals surface area contributed by atoms with Crippen molar-refractivity contribution in [2.24, 2.45) is 0 Å². The van der Waals surface area contributed by atoms with E-state index in [0.717, 1.165) is 11.3 Å². The number of nitrogens with one attached hydrogen (secondary N) is 3. The Kier molecular flexibility index (Phi) is 6.42. The summed E-state index contributed by atoms with van der Waals surface area (Å²) in [6.45, 7) is 4.73. The second kappa shape index (κ2) is 9.12. The number of carbonyl (C=O) groups is 2. The molecular formula is C23H28N4O5S. The lowest BCUT2D eigenvalue weighted by atomic mass is 10.0. The van der Waals surface area contributed by atoms with Crippen molar-refractivity contribution in [3.63, 3.8) is 0 Å². The second-order valence-corrected chi connectivity index (χ2v) is 10.8. The molecule has 4 N–H and O–H groups in total. The number of H-pyrrole nitrogens is 1. The molecule has 0 aliphatic carbocycles. The maximum atomic E-state index is 12.8. The van der Waals surface area contributed by atoms with Crippen LogP contribution in [0.2, 0.25) is 0 Å². The van der Waals surface area contributed by atoms with Gasteiger partial charge in [-0.2, -0.15) is 0 Å². The van der Waals surface area contributed by atoms with Crippen molar-refractivity contribution in [3.8, 4) is 0 Å². The molecule has 3 heterocycles. The summed E-state index contributed by atoms with van der Waals surface area (Å²) < 4.78 is 23.1. The van der Waals surface area contributed by atoms with Gasteiger partial charge in [0.05, 0.1) is 28.7 Å². The van der Waals surface area contributed by atoms with Gasteiger partial charge in [-0.3, -0.25) is 14.5 Å². The summed E-state index contributed by atoms with van der Waals surface area (Å²) in [6.07, 6.45) is 0.939. The summed E-state index contributed by atoms with van der Waals surface area (Å²) in [4.78, 5) is 30.3. The number of anilines is 1. The van der Waals surface area contributed by atoms with Crippen LogP contribution in [-0.2, 0) is 14.6 Å². The van der Waals surface area contributed by atoms with Crippen molar-refractivity contribution in [1.29, 1.82) is 0 Å². The van der Waals surface area contributed by atoms with Crippen molar-refractivity contribution in [3.05, 3.63) is 52.3 Å². The summed E-state index contributed by atoms with van der Waals surface area (Å²) >= 11 is 0. The number of aliphatic hydroxyl groups excluding tert-OH is 1. The molecule has 0 bridgehead atoms. The summed E-state index contributed by atoms with van der Waals surface area (Å²) in [5.41, 5.74) is 4.63. The van der Waals surface area contributed by atoms with E-state index in [2.05, 4.69) is 15.6 Å². The normalized spacial score (nSPS) is 19.8. The second-order valence-electron chi connectivity index (χ2n) is 8.54. The molecule has 1 atom stereocenters. The van der Waals surface area contributed by atoms with Gasteiger partial charge in [-0.15, -0.1) is 0 Å². The zero-order chi connectivity index (χ0) is 23.8. The van der Waals surface area contributed by atoms with E-state index >= 15 is 0 Å². The lowest BCUT2D eigenvalue weighted by Gasteiger charge is -2.28. The van der Waals surface area contributed by atoms with Crippen molar-refractivity contribution < 1.29 is 23.1 Å². The number of carbonyl (C=O) groups excluding carboxylic acids is 2. The molecule has 0 spiro atoms. The molecule has 2 aliphatic heterocycles. The number of amides is 2. The number of β-amino-alcohol motifs (C(OH)–C–C–N with tert-alkyl or cyclic N) is 1. The monoisotopic (exact) mass is 472 g/mol. The molecule has 1 fully saturated rings. The Hall–Kier alpha value is -2.95. The minimum atomic E-state index is -2.98.